The van der Waals surface area contributed by atoms with E-state index >= 15 is 0 Å². The van der Waals surface area contributed by atoms with Crippen LogP contribution in [0, 0.1) is 5.92 Å². The summed E-state index contributed by atoms with van der Waals surface area (Å²) in [5.41, 5.74) is 1.08. The standard InChI is InChI=1S/C19H25N3O3/c1-15(23)20-8-5-9-21(11-10-20)19(25)17-12-18(24)22(14-17)13-16-6-3-2-4-7-16/h2-4,6-7,17H,5,8-14H2,1H3/t17-/m1/s1. The summed E-state index contributed by atoms with van der Waals surface area (Å²) in [5, 5.41) is 0. The van der Waals surface area contributed by atoms with Crippen LogP contribution in [0.3, 0.4) is 0 Å². The molecule has 0 aromatic heterocycles. The van der Waals surface area contributed by atoms with Crippen molar-refractivity contribution in [3.8, 4) is 0 Å². The van der Waals surface area contributed by atoms with Gasteiger partial charge in [0.15, 0.2) is 0 Å². The van der Waals surface area contributed by atoms with Crippen molar-refractivity contribution in [2.45, 2.75) is 26.3 Å². The van der Waals surface area contributed by atoms with Crippen molar-refractivity contribution in [3.63, 3.8) is 0 Å². The number of nitrogens with zero attached hydrogens (tertiary/aromatic N) is 3. The normalized spacial score (nSPS) is 21.4. The van der Waals surface area contributed by atoms with Gasteiger partial charge in [-0.1, -0.05) is 30.3 Å². The molecule has 6 nitrogen and oxygen atoms in total. The van der Waals surface area contributed by atoms with Crippen molar-refractivity contribution >= 4 is 17.7 Å². The van der Waals surface area contributed by atoms with Crippen LogP contribution in [0.5, 0.6) is 0 Å². The molecule has 2 aliphatic heterocycles. The van der Waals surface area contributed by atoms with Crippen LogP contribution >= 0.6 is 0 Å². The van der Waals surface area contributed by atoms with Crippen LogP contribution in [0.4, 0.5) is 0 Å². The van der Waals surface area contributed by atoms with Crippen molar-refractivity contribution < 1.29 is 14.4 Å². The Labute approximate surface area is 148 Å². The Morgan fingerprint density at radius 3 is 2.44 bits per heavy atom. The lowest BCUT2D eigenvalue weighted by Crippen LogP contribution is -2.40. The monoisotopic (exact) mass is 343 g/mol. The molecule has 2 saturated heterocycles. The van der Waals surface area contributed by atoms with Gasteiger partial charge in [-0.25, -0.2) is 0 Å². The molecular formula is C19H25N3O3. The molecule has 0 unspecified atom stereocenters. The van der Waals surface area contributed by atoms with Crippen LogP contribution in [0.2, 0.25) is 0 Å². The first-order valence-electron chi connectivity index (χ1n) is 8.90. The third-order valence-electron chi connectivity index (χ3n) is 5.03. The molecule has 1 aromatic rings. The van der Waals surface area contributed by atoms with Crippen LogP contribution in [-0.4, -0.2) is 65.1 Å². The maximum atomic E-state index is 12.8. The molecule has 0 saturated carbocycles. The SMILES string of the molecule is CC(=O)N1CCCN(C(=O)[C@@H]2CC(=O)N(Cc3ccccc3)C2)CC1. The van der Waals surface area contributed by atoms with Gasteiger partial charge in [0.05, 0.1) is 5.92 Å². The van der Waals surface area contributed by atoms with Gasteiger partial charge in [0.25, 0.3) is 0 Å². The zero-order valence-corrected chi connectivity index (χ0v) is 14.7. The second kappa shape index (κ2) is 7.68. The maximum absolute atomic E-state index is 12.8. The molecule has 2 aliphatic rings. The lowest BCUT2D eigenvalue weighted by atomic mass is 10.1. The molecule has 0 N–H and O–H groups in total. The van der Waals surface area contributed by atoms with E-state index in [1.165, 1.54) is 0 Å². The van der Waals surface area contributed by atoms with Crippen molar-refractivity contribution in [3.05, 3.63) is 35.9 Å². The molecule has 2 fully saturated rings. The molecule has 1 atom stereocenters. The van der Waals surface area contributed by atoms with Gasteiger partial charge in [-0.3, -0.25) is 14.4 Å². The molecule has 0 radical (unpaired) electrons. The minimum absolute atomic E-state index is 0.0439. The first kappa shape index (κ1) is 17.5. The lowest BCUT2D eigenvalue weighted by Gasteiger charge is -2.24. The molecule has 2 heterocycles. The number of hydrogen-bond donors (Lipinski definition) is 0. The first-order chi connectivity index (χ1) is 12.0. The zero-order valence-electron chi connectivity index (χ0n) is 14.7. The van der Waals surface area contributed by atoms with Gasteiger partial charge < -0.3 is 14.7 Å². The van der Waals surface area contributed by atoms with Gasteiger partial charge in [-0.2, -0.15) is 0 Å². The van der Waals surface area contributed by atoms with E-state index in [4.69, 9.17) is 0 Å². The minimum Gasteiger partial charge on any atom is -0.341 e. The van der Waals surface area contributed by atoms with Gasteiger partial charge in [-0.15, -0.1) is 0 Å². The largest absolute Gasteiger partial charge is 0.341 e. The number of benzene rings is 1. The average molecular weight is 343 g/mol. The Balaban J connectivity index is 1.58. The third kappa shape index (κ3) is 4.18. The van der Waals surface area contributed by atoms with Crippen LogP contribution < -0.4 is 0 Å². The van der Waals surface area contributed by atoms with Gasteiger partial charge in [0, 0.05) is 52.6 Å². The van der Waals surface area contributed by atoms with Crippen molar-refractivity contribution in [2.24, 2.45) is 5.92 Å². The predicted octanol–water partition coefficient (Wildman–Crippen LogP) is 1.12. The van der Waals surface area contributed by atoms with Crippen molar-refractivity contribution in [1.29, 1.82) is 0 Å². The second-order valence-electron chi connectivity index (χ2n) is 6.85. The highest BCUT2D eigenvalue weighted by molar-refractivity contribution is 5.89. The van der Waals surface area contributed by atoms with Gasteiger partial charge >= 0.3 is 0 Å². The number of amides is 3. The molecular weight excluding hydrogens is 318 g/mol. The van der Waals surface area contributed by atoms with E-state index in [0.29, 0.717) is 45.7 Å². The molecule has 0 spiro atoms. The van der Waals surface area contributed by atoms with Gasteiger partial charge in [0.1, 0.15) is 0 Å². The van der Waals surface area contributed by atoms with Gasteiger partial charge in [-0.05, 0) is 12.0 Å². The molecule has 1 aromatic carbocycles. The highest BCUT2D eigenvalue weighted by Crippen LogP contribution is 2.23. The molecule has 25 heavy (non-hydrogen) atoms. The van der Waals surface area contributed by atoms with E-state index in [-0.39, 0.29) is 23.6 Å². The number of carbonyl (C=O) groups is 3. The molecule has 3 rings (SSSR count). The topological polar surface area (TPSA) is 60.9 Å². The Morgan fingerprint density at radius 2 is 1.72 bits per heavy atom. The van der Waals surface area contributed by atoms with Crippen molar-refractivity contribution in [1.82, 2.24) is 14.7 Å². The highest BCUT2D eigenvalue weighted by Gasteiger charge is 2.36. The van der Waals surface area contributed by atoms with Gasteiger partial charge in [0.2, 0.25) is 17.7 Å². The van der Waals surface area contributed by atoms with Crippen LogP contribution in [0.15, 0.2) is 30.3 Å². The van der Waals surface area contributed by atoms with Crippen molar-refractivity contribution in [2.75, 3.05) is 32.7 Å². The maximum Gasteiger partial charge on any atom is 0.228 e. The summed E-state index contributed by atoms with van der Waals surface area (Å²) in [5.74, 6) is -0.115. The second-order valence-corrected chi connectivity index (χ2v) is 6.85. The molecule has 134 valence electrons. The summed E-state index contributed by atoms with van der Waals surface area (Å²) in [6, 6.07) is 9.85. The Hall–Kier alpha value is -2.37. The Kier molecular flexibility index (Phi) is 5.36. The summed E-state index contributed by atoms with van der Waals surface area (Å²) < 4.78 is 0. The van der Waals surface area contributed by atoms with E-state index in [1.54, 1.807) is 16.7 Å². The first-order valence-corrected chi connectivity index (χ1v) is 8.90. The summed E-state index contributed by atoms with van der Waals surface area (Å²) in [7, 11) is 0. The molecule has 3 amide bonds. The molecule has 0 aliphatic carbocycles. The molecule has 0 bridgehead atoms. The number of hydrogen-bond acceptors (Lipinski definition) is 3. The smallest absolute Gasteiger partial charge is 0.228 e. The lowest BCUT2D eigenvalue weighted by molar-refractivity contribution is -0.136. The molecule has 6 heteroatoms. The van der Waals surface area contributed by atoms with Crippen LogP contribution in [0.25, 0.3) is 0 Å². The average Bonchev–Trinajstić information content (AvgIpc) is 2.82. The quantitative estimate of drug-likeness (QED) is 0.826. The predicted molar refractivity (Wildman–Crippen MR) is 93.4 cm³/mol. The fraction of sp³-hybridized carbons (Fsp3) is 0.526. The Morgan fingerprint density at radius 1 is 1.04 bits per heavy atom. The minimum atomic E-state index is -0.264. The Bertz CT molecular complexity index is 647. The van der Waals surface area contributed by atoms with E-state index < -0.39 is 0 Å². The summed E-state index contributed by atoms with van der Waals surface area (Å²) in [6.45, 7) is 5.10. The zero-order chi connectivity index (χ0) is 17.8. The van der Waals surface area contributed by atoms with Crippen LogP contribution in [-0.2, 0) is 20.9 Å². The van der Waals surface area contributed by atoms with E-state index in [0.717, 1.165) is 12.0 Å². The summed E-state index contributed by atoms with van der Waals surface area (Å²) in [6.07, 6.45) is 1.08. The number of carbonyl (C=O) groups excluding carboxylic acids is 3. The summed E-state index contributed by atoms with van der Waals surface area (Å²) in [4.78, 5) is 42.0. The highest BCUT2D eigenvalue weighted by atomic mass is 16.2. The van der Waals surface area contributed by atoms with E-state index in [9.17, 15) is 14.4 Å². The number of rotatable bonds is 3. The fourth-order valence-electron chi connectivity index (χ4n) is 3.61. The fourth-order valence-corrected chi connectivity index (χ4v) is 3.61. The third-order valence-corrected chi connectivity index (χ3v) is 5.03. The van der Waals surface area contributed by atoms with E-state index in [2.05, 4.69) is 0 Å². The van der Waals surface area contributed by atoms with E-state index in [1.807, 2.05) is 35.2 Å². The number of likely N-dealkylation sites (tertiary alicyclic amines) is 1. The summed E-state index contributed by atoms with van der Waals surface area (Å²) >= 11 is 0. The van der Waals surface area contributed by atoms with Crippen LogP contribution in [0.1, 0.15) is 25.3 Å².